The lowest BCUT2D eigenvalue weighted by atomic mass is 10.1. The molecular weight excluding hydrogens is 375 g/mol. The van der Waals surface area contributed by atoms with Gasteiger partial charge in [-0.1, -0.05) is 24.6 Å². The summed E-state index contributed by atoms with van der Waals surface area (Å²) in [5, 5.41) is 0.214. The second-order valence-electron chi connectivity index (χ2n) is 4.52. The van der Waals surface area contributed by atoms with E-state index in [2.05, 4.69) is 15.9 Å². The van der Waals surface area contributed by atoms with Gasteiger partial charge in [0.25, 0.3) is 0 Å². The fraction of sp³-hybridized carbons (Fsp3) is 0.455. The number of rotatable bonds is 2. The molecule has 2 atom stereocenters. The molecule has 1 aliphatic heterocycles. The maximum Gasteiger partial charge on any atom is 0.244 e. The summed E-state index contributed by atoms with van der Waals surface area (Å²) >= 11 is 9.28. The third-order valence-electron chi connectivity index (χ3n) is 3.17. The van der Waals surface area contributed by atoms with Crippen molar-refractivity contribution in [3.8, 4) is 0 Å². The van der Waals surface area contributed by atoms with Crippen LogP contribution >= 0.6 is 39.9 Å². The van der Waals surface area contributed by atoms with Gasteiger partial charge in [-0.3, -0.25) is 0 Å². The molecule has 108 valence electrons. The van der Waals surface area contributed by atoms with E-state index in [-0.39, 0.29) is 34.3 Å². The minimum atomic E-state index is -3.57. The lowest BCUT2D eigenvalue weighted by Gasteiger charge is -2.17. The molecule has 2 unspecified atom stereocenters. The molecule has 1 heterocycles. The number of nitrogens with two attached hydrogens (primary N) is 1. The first-order chi connectivity index (χ1) is 8.34. The Kier molecular flexibility index (Phi) is 5.69. The largest absolute Gasteiger partial charge is 0.326 e. The molecule has 0 aliphatic carbocycles. The molecule has 0 radical (unpaired) electrons. The summed E-state index contributed by atoms with van der Waals surface area (Å²) in [4.78, 5) is 0.125. The summed E-state index contributed by atoms with van der Waals surface area (Å²) in [6.07, 6.45) is 0. The fourth-order valence-electron chi connectivity index (χ4n) is 1.96. The predicted molar refractivity (Wildman–Crippen MR) is 82.3 cm³/mol. The number of sulfonamides is 1. The molecule has 1 fully saturated rings. The number of hydrogen-bond donors (Lipinski definition) is 1. The fourth-order valence-corrected chi connectivity index (χ4v) is 4.55. The van der Waals surface area contributed by atoms with Crippen LogP contribution in [0.2, 0.25) is 5.02 Å². The number of nitrogens with zero attached hydrogens (tertiary/aromatic N) is 1. The van der Waals surface area contributed by atoms with Crippen molar-refractivity contribution in [2.75, 3.05) is 13.1 Å². The van der Waals surface area contributed by atoms with Crippen LogP contribution in [0.15, 0.2) is 27.6 Å². The normalized spacial score (nSPS) is 24.2. The highest BCUT2D eigenvalue weighted by Gasteiger charge is 2.36. The zero-order chi connectivity index (χ0) is 13.5. The molecule has 0 aromatic heterocycles. The van der Waals surface area contributed by atoms with Crippen molar-refractivity contribution in [3.63, 3.8) is 0 Å². The van der Waals surface area contributed by atoms with Crippen molar-refractivity contribution in [2.45, 2.75) is 17.9 Å². The van der Waals surface area contributed by atoms with Gasteiger partial charge < -0.3 is 5.73 Å². The molecule has 1 aromatic carbocycles. The van der Waals surface area contributed by atoms with Crippen LogP contribution in [0.3, 0.4) is 0 Å². The summed E-state index contributed by atoms with van der Waals surface area (Å²) in [5.74, 6) is 0.158. The molecule has 2 N–H and O–H groups in total. The third kappa shape index (κ3) is 3.25. The first kappa shape index (κ1) is 17.2. The Hall–Kier alpha value is 0.150. The van der Waals surface area contributed by atoms with Gasteiger partial charge in [0, 0.05) is 23.6 Å². The van der Waals surface area contributed by atoms with Crippen molar-refractivity contribution in [1.82, 2.24) is 4.31 Å². The van der Waals surface area contributed by atoms with E-state index in [1.807, 2.05) is 6.92 Å². The quantitative estimate of drug-likeness (QED) is 0.844. The highest BCUT2D eigenvalue weighted by molar-refractivity contribution is 9.10. The van der Waals surface area contributed by atoms with Crippen molar-refractivity contribution < 1.29 is 8.42 Å². The molecule has 0 amide bonds. The van der Waals surface area contributed by atoms with Crippen molar-refractivity contribution in [3.05, 3.63) is 27.7 Å². The van der Waals surface area contributed by atoms with Crippen LogP contribution in [0.25, 0.3) is 0 Å². The van der Waals surface area contributed by atoms with Gasteiger partial charge in [-0.05, 0) is 34.0 Å². The van der Waals surface area contributed by atoms with E-state index in [0.29, 0.717) is 17.6 Å². The monoisotopic (exact) mass is 388 g/mol. The first-order valence-corrected chi connectivity index (χ1v) is 8.15. The standard InChI is InChI=1S/C11H14BrClN2O2S.ClH/c1-7-5-15(6-9(7)14)18(16,17)10-4-2-3-8(12)11(10)13;/h2-4,7,9H,5-6,14H2,1H3;1H. The first-order valence-electron chi connectivity index (χ1n) is 5.53. The van der Waals surface area contributed by atoms with Gasteiger partial charge >= 0.3 is 0 Å². The molecular formula is C11H15BrCl2N2O2S. The van der Waals surface area contributed by atoms with E-state index in [0.717, 1.165) is 0 Å². The second-order valence-corrected chi connectivity index (χ2v) is 7.65. The second kappa shape index (κ2) is 6.28. The highest BCUT2D eigenvalue weighted by Crippen LogP contribution is 2.32. The number of benzene rings is 1. The maximum atomic E-state index is 12.5. The Labute approximate surface area is 132 Å². The minimum absolute atomic E-state index is 0. The van der Waals surface area contributed by atoms with Gasteiger partial charge in [-0.15, -0.1) is 12.4 Å². The molecule has 19 heavy (non-hydrogen) atoms. The molecule has 1 aromatic rings. The smallest absolute Gasteiger partial charge is 0.244 e. The lowest BCUT2D eigenvalue weighted by molar-refractivity contribution is 0.464. The molecule has 1 saturated heterocycles. The van der Waals surface area contributed by atoms with E-state index in [4.69, 9.17) is 17.3 Å². The van der Waals surface area contributed by atoms with Gasteiger partial charge in [0.2, 0.25) is 10.0 Å². The Morgan fingerprint density at radius 3 is 2.58 bits per heavy atom. The predicted octanol–water partition coefficient (Wildman–Crippen LogP) is 2.49. The Balaban J connectivity index is 0.00000180. The van der Waals surface area contributed by atoms with Crippen molar-refractivity contribution >= 4 is 50.0 Å². The molecule has 2 rings (SSSR count). The maximum absolute atomic E-state index is 12.5. The zero-order valence-corrected chi connectivity index (χ0v) is 14.2. The van der Waals surface area contributed by atoms with Crippen LogP contribution < -0.4 is 5.73 Å². The minimum Gasteiger partial charge on any atom is -0.326 e. The average Bonchev–Trinajstić information content (AvgIpc) is 2.63. The van der Waals surface area contributed by atoms with E-state index in [1.54, 1.807) is 12.1 Å². The van der Waals surface area contributed by atoms with Crippen molar-refractivity contribution in [1.29, 1.82) is 0 Å². The van der Waals surface area contributed by atoms with Crippen molar-refractivity contribution in [2.24, 2.45) is 11.7 Å². The van der Waals surface area contributed by atoms with Crippen LogP contribution in [-0.2, 0) is 10.0 Å². The Morgan fingerprint density at radius 2 is 2.05 bits per heavy atom. The zero-order valence-electron chi connectivity index (χ0n) is 10.2. The SMILES string of the molecule is CC1CN(S(=O)(=O)c2cccc(Br)c2Cl)CC1N.Cl. The van der Waals surface area contributed by atoms with Crippen LogP contribution in [0.4, 0.5) is 0 Å². The van der Waals surface area contributed by atoms with Crippen LogP contribution in [0.1, 0.15) is 6.92 Å². The van der Waals surface area contributed by atoms with Gasteiger partial charge in [0.05, 0.1) is 5.02 Å². The van der Waals surface area contributed by atoms with Gasteiger partial charge in [0.1, 0.15) is 4.90 Å². The van der Waals surface area contributed by atoms with Crippen LogP contribution in [0, 0.1) is 5.92 Å². The molecule has 1 aliphatic rings. The van der Waals surface area contributed by atoms with Gasteiger partial charge in [0.15, 0.2) is 0 Å². The van der Waals surface area contributed by atoms with E-state index in [1.165, 1.54) is 10.4 Å². The highest BCUT2D eigenvalue weighted by atomic mass is 79.9. The molecule has 0 saturated carbocycles. The van der Waals surface area contributed by atoms with E-state index >= 15 is 0 Å². The number of hydrogen-bond acceptors (Lipinski definition) is 3. The summed E-state index contributed by atoms with van der Waals surface area (Å²) in [7, 11) is -3.57. The molecule has 0 spiro atoms. The van der Waals surface area contributed by atoms with E-state index < -0.39 is 10.0 Å². The summed E-state index contributed by atoms with van der Waals surface area (Å²) < 4.78 is 26.9. The lowest BCUT2D eigenvalue weighted by Crippen LogP contribution is -2.32. The topological polar surface area (TPSA) is 63.4 Å². The van der Waals surface area contributed by atoms with E-state index in [9.17, 15) is 8.42 Å². The molecule has 0 bridgehead atoms. The summed E-state index contributed by atoms with van der Waals surface area (Å²) in [6, 6.07) is 4.75. The summed E-state index contributed by atoms with van der Waals surface area (Å²) in [6.45, 7) is 2.72. The Morgan fingerprint density at radius 1 is 1.42 bits per heavy atom. The van der Waals surface area contributed by atoms with Gasteiger partial charge in [-0.2, -0.15) is 4.31 Å². The Bertz CT molecular complexity index is 558. The molecule has 8 heteroatoms. The third-order valence-corrected chi connectivity index (χ3v) is 6.45. The van der Waals surface area contributed by atoms with Gasteiger partial charge in [-0.25, -0.2) is 8.42 Å². The van der Waals surface area contributed by atoms with Crippen LogP contribution in [-0.4, -0.2) is 31.9 Å². The summed E-state index contributed by atoms with van der Waals surface area (Å²) in [5.41, 5.74) is 5.86. The number of halogens is 3. The average molecular weight is 390 g/mol. The van der Waals surface area contributed by atoms with Crippen LogP contribution in [0.5, 0.6) is 0 Å². The molecule has 4 nitrogen and oxygen atoms in total.